The predicted molar refractivity (Wildman–Crippen MR) is 107 cm³/mol. The smallest absolute Gasteiger partial charge is 0.294 e. The molecule has 0 spiro atoms. The van der Waals surface area contributed by atoms with Crippen LogP contribution < -0.4 is 10.7 Å². The third kappa shape index (κ3) is 5.03. The highest BCUT2D eigenvalue weighted by Crippen LogP contribution is 2.22. The van der Waals surface area contributed by atoms with Crippen molar-refractivity contribution in [2.24, 2.45) is 5.92 Å². The number of amides is 1. The van der Waals surface area contributed by atoms with Crippen molar-refractivity contribution in [2.45, 2.75) is 46.5 Å². The summed E-state index contributed by atoms with van der Waals surface area (Å²) in [6.07, 6.45) is 4.11. The lowest BCUT2D eigenvalue weighted by Gasteiger charge is -2.15. The van der Waals surface area contributed by atoms with Gasteiger partial charge in [-0.05, 0) is 25.3 Å². The summed E-state index contributed by atoms with van der Waals surface area (Å²) in [5.41, 5.74) is -0.321. The Balaban J connectivity index is 2.32. The van der Waals surface area contributed by atoms with Crippen LogP contribution in [-0.4, -0.2) is 27.2 Å². The first-order valence-corrected chi connectivity index (χ1v) is 9.52. The second-order valence-electron chi connectivity index (χ2n) is 6.78. The molecule has 0 aliphatic carbocycles. The zero-order valence-electron chi connectivity index (χ0n) is 16.5. The molecule has 2 rings (SSSR count). The molecule has 1 aromatic heterocycles. The lowest BCUT2D eigenvalue weighted by atomic mass is 9.99. The minimum Gasteiger partial charge on any atom is -0.350 e. The van der Waals surface area contributed by atoms with Crippen LogP contribution in [0.5, 0.6) is 0 Å². The van der Waals surface area contributed by atoms with Gasteiger partial charge in [-0.1, -0.05) is 45.2 Å². The molecule has 0 saturated heterocycles. The molecule has 1 atom stereocenters. The van der Waals surface area contributed by atoms with Gasteiger partial charge in [0.2, 0.25) is 5.43 Å². The molecular weight excluding hydrogens is 360 g/mol. The standard InChI is InChI=1S/C20H26N4O4/c1-4-6-9-15(5-2)13-21-20(26)19-18(25)12-14(3)23(22-19)16-10-7-8-11-17(16)24(27)28/h7-8,10-12,15H,4-6,9,13H2,1-3H3,(H,21,26). The number of carbonyl (C=O) groups is 1. The summed E-state index contributed by atoms with van der Waals surface area (Å²) in [5.74, 6) is -0.223. The molecule has 0 radical (unpaired) electrons. The lowest BCUT2D eigenvalue weighted by Crippen LogP contribution is -2.34. The summed E-state index contributed by atoms with van der Waals surface area (Å²) in [6, 6.07) is 7.35. The van der Waals surface area contributed by atoms with Gasteiger partial charge in [0.15, 0.2) is 5.69 Å². The number of aryl methyl sites for hydroxylation is 1. The summed E-state index contributed by atoms with van der Waals surface area (Å²) in [4.78, 5) is 35.6. The number of rotatable bonds is 9. The van der Waals surface area contributed by atoms with Crippen LogP contribution in [0.15, 0.2) is 35.1 Å². The Bertz CT molecular complexity index is 907. The van der Waals surface area contributed by atoms with Crippen molar-refractivity contribution in [3.05, 3.63) is 62.1 Å². The quantitative estimate of drug-likeness (QED) is 0.525. The Morgan fingerprint density at radius 3 is 2.68 bits per heavy atom. The van der Waals surface area contributed by atoms with E-state index in [0.29, 0.717) is 18.2 Å². The largest absolute Gasteiger partial charge is 0.350 e. The van der Waals surface area contributed by atoms with Gasteiger partial charge in [-0.3, -0.25) is 19.7 Å². The molecule has 0 fully saturated rings. The highest BCUT2D eigenvalue weighted by molar-refractivity contribution is 5.92. The Labute approximate surface area is 163 Å². The normalized spacial score (nSPS) is 11.8. The Morgan fingerprint density at radius 2 is 2.04 bits per heavy atom. The minimum absolute atomic E-state index is 0.154. The first-order valence-electron chi connectivity index (χ1n) is 9.52. The molecule has 1 amide bonds. The zero-order valence-corrected chi connectivity index (χ0v) is 16.5. The third-order valence-electron chi connectivity index (χ3n) is 4.72. The average molecular weight is 386 g/mol. The molecule has 8 heteroatoms. The first kappa shape index (κ1) is 21.3. The first-order chi connectivity index (χ1) is 13.4. The molecule has 1 unspecified atom stereocenters. The summed E-state index contributed by atoms with van der Waals surface area (Å²) in [6.45, 7) is 6.27. The molecule has 0 aliphatic rings. The summed E-state index contributed by atoms with van der Waals surface area (Å²) in [7, 11) is 0. The predicted octanol–water partition coefficient (Wildman–Crippen LogP) is 3.40. The molecular formula is C20H26N4O4. The number of unbranched alkanes of at least 4 members (excludes halogenated alkanes) is 1. The minimum atomic E-state index is -0.563. The molecule has 28 heavy (non-hydrogen) atoms. The molecule has 0 saturated carbocycles. The number of nitrogens with zero attached hydrogens (tertiary/aromatic N) is 3. The topological polar surface area (TPSA) is 107 Å². The van der Waals surface area contributed by atoms with E-state index in [1.165, 1.54) is 22.9 Å². The molecule has 1 heterocycles. The van der Waals surface area contributed by atoms with Crippen molar-refractivity contribution in [3.63, 3.8) is 0 Å². The van der Waals surface area contributed by atoms with E-state index in [2.05, 4.69) is 24.3 Å². The van der Waals surface area contributed by atoms with Gasteiger partial charge in [-0.2, -0.15) is 5.10 Å². The highest BCUT2D eigenvalue weighted by Gasteiger charge is 2.20. The van der Waals surface area contributed by atoms with Crippen LogP contribution in [-0.2, 0) is 0 Å². The van der Waals surface area contributed by atoms with Crippen LogP contribution >= 0.6 is 0 Å². The number of para-hydroxylation sites is 2. The van der Waals surface area contributed by atoms with Gasteiger partial charge in [-0.25, -0.2) is 4.68 Å². The fourth-order valence-corrected chi connectivity index (χ4v) is 3.01. The number of hydrogen-bond acceptors (Lipinski definition) is 5. The highest BCUT2D eigenvalue weighted by atomic mass is 16.6. The zero-order chi connectivity index (χ0) is 20.7. The maximum Gasteiger partial charge on any atom is 0.294 e. The van der Waals surface area contributed by atoms with Crippen LogP contribution in [0.1, 0.15) is 55.7 Å². The van der Waals surface area contributed by atoms with Crippen molar-refractivity contribution in [2.75, 3.05) is 6.54 Å². The number of nitro groups is 1. The summed E-state index contributed by atoms with van der Waals surface area (Å²) >= 11 is 0. The van der Waals surface area contributed by atoms with Gasteiger partial charge in [0.1, 0.15) is 5.69 Å². The Kier molecular flexibility index (Phi) is 7.43. The molecule has 2 aromatic rings. The van der Waals surface area contributed by atoms with Crippen LogP contribution in [0.2, 0.25) is 0 Å². The molecule has 0 aliphatic heterocycles. The van der Waals surface area contributed by atoms with Gasteiger partial charge < -0.3 is 5.32 Å². The third-order valence-corrected chi connectivity index (χ3v) is 4.72. The number of aromatic nitrogens is 2. The molecule has 1 aromatic carbocycles. The van der Waals surface area contributed by atoms with Crippen LogP contribution in [0.25, 0.3) is 5.69 Å². The number of benzene rings is 1. The van der Waals surface area contributed by atoms with Crippen LogP contribution in [0, 0.1) is 23.0 Å². The van der Waals surface area contributed by atoms with Crippen LogP contribution in [0.3, 0.4) is 0 Å². The van der Waals surface area contributed by atoms with E-state index in [1.54, 1.807) is 19.1 Å². The monoisotopic (exact) mass is 386 g/mol. The number of hydrogen-bond donors (Lipinski definition) is 1. The second-order valence-corrected chi connectivity index (χ2v) is 6.78. The Hall–Kier alpha value is -3.03. The number of nitrogens with one attached hydrogen (secondary N) is 1. The average Bonchev–Trinajstić information content (AvgIpc) is 2.68. The summed E-state index contributed by atoms with van der Waals surface area (Å²) in [5, 5.41) is 18.2. The van der Waals surface area contributed by atoms with Crippen molar-refractivity contribution in [1.29, 1.82) is 0 Å². The van der Waals surface area contributed by atoms with Crippen molar-refractivity contribution in [3.8, 4) is 5.69 Å². The Morgan fingerprint density at radius 1 is 1.32 bits per heavy atom. The SMILES string of the molecule is CCCCC(CC)CNC(=O)c1nn(-c2ccccc2[N+](=O)[O-])c(C)cc1=O. The van der Waals surface area contributed by atoms with E-state index < -0.39 is 16.3 Å². The van der Waals surface area contributed by atoms with E-state index in [-0.39, 0.29) is 17.1 Å². The fourth-order valence-electron chi connectivity index (χ4n) is 3.01. The fraction of sp³-hybridized carbons (Fsp3) is 0.450. The molecule has 1 N–H and O–H groups in total. The molecule has 0 bridgehead atoms. The number of carbonyl (C=O) groups excluding carboxylic acids is 1. The van der Waals surface area contributed by atoms with Gasteiger partial charge >= 0.3 is 0 Å². The summed E-state index contributed by atoms with van der Waals surface area (Å²) < 4.78 is 1.27. The van der Waals surface area contributed by atoms with E-state index in [0.717, 1.165) is 25.7 Å². The second kappa shape index (κ2) is 9.77. The van der Waals surface area contributed by atoms with Crippen LogP contribution in [0.4, 0.5) is 5.69 Å². The van der Waals surface area contributed by atoms with Gasteiger partial charge in [0.25, 0.3) is 11.6 Å². The van der Waals surface area contributed by atoms with E-state index >= 15 is 0 Å². The molecule has 150 valence electrons. The van der Waals surface area contributed by atoms with E-state index in [1.807, 2.05) is 0 Å². The maximum absolute atomic E-state index is 12.6. The van der Waals surface area contributed by atoms with Gasteiger partial charge in [0, 0.05) is 24.4 Å². The number of nitro benzene ring substituents is 1. The van der Waals surface area contributed by atoms with Gasteiger partial charge in [0.05, 0.1) is 4.92 Å². The van der Waals surface area contributed by atoms with Crippen molar-refractivity contribution >= 4 is 11.6 Å². The van der Waals surface area contributed by atoms with Gasteiger partial charge in [-0.15, -0.1) is 0 Å². The molecule has 8 nitrogen and oxygen atoms in total. The maximum atomic E-state index is 12.6. The van der Waals surface area contributed by atoms with Crippen molar-refractivity contribution < 1.29 is 9.72 Å². The lowest BCUT2D eigenvalue weighted by molar-refractivity contribution is -0.384. The van der Waals surface area contributed by atoms with Crippen molar-refractivity contribution in [1.82, 2.24) is 15.1 Å². The van der Waals surface area contributed by atoms with E-state index in [9.17, 15) is 19.7 Å². The van der Waals surface area contributed by atoms with E-state index in [4.69, 9.17) is 0 Å².